The van der Waals surface area contributed by atoms with Crippen LogP contribution in [-0.2, 0) is 6.42 Å². The first-order valence-corrected chi connectivity index (χ1v) is 6.11. The smallest absolute Gasteiger partial charge is 0.126 e. The van der Waals surface area contributed by atoms with Crippen molar-refractivity contribution in [2.45, 2.75) is 6.42 Å². The van der Waals surface area contributed by atoms with Crippen LogP contribution in [0, 0.1) is 0 Å². The second-order valence-corrected chi connectivity index (χ2v) is 3.95. The molecule has 1 aromatic heterocycles. The lowest BCUT2D eigenvalue weighted by Gasteiger charge is -2.05. The average Bonchev–Trinajstić information content (AvgIpc) is 2.42. The molecule has 0 aliphatic heterocycles. The van der Waals surface area contributed by atoms with Crippen molar-refractivity contribution >= 4 is 28.9 Å². The van der Waals surface area contributed by atoms with E-state index in [1.54, 1.807) is 6.20 Å². The molecule has 1 aromatic carbocycles. The zero-order valence-corrected chi connectivity index (χ0v) is 10.7. The number of nitrogens with zero attached hydrogens (tertiary/aromatic N) is 2. The van der Waals surface area contributed by atoms with Crippen LogP contribution in [0.15, 0.2) is 53.7 Å². The van der Waals surface area contributed by atoms with Crippen LogP contribution in [0.4, 0.5) is 11.5 Å². The number of hydrogen-bond donors (Lipinski definition) is 1. The third-order valence-electron chi connectivity index (χ3n) is 2.49. The van der Waals surface area contributed by atoms with Gasteiger partial charge in [0.1, 0.15) is 5.82 Å². The lowest BCUT2D eigenvalue weighted by molar-refractivity contribution is 1.01. The standard InChI is InChI=1S/C14H13N3S/c18-11-17-13-6-7-14(16-10-13)15-9-8-12-4-2-1-3-5-12/h1-7,10H,8-9H2,(H,15,16). The predicted octanol–water partition coefficient (Wildman–Crippen LogP) is 3.47. The van der Waals surface area contributed by atoms with Gasteiger partial charge in [0.15, 0.2) is 0 Å². The molecule has 0 aliphatic carbocycles. The van der Waals surface area contributed by atoms with E-state index in [0.29, 0.717) is 0 Å². The summed E-state index contributed by atoms with van der Waals surface area (Å²) in [5.41, 5.74) is 2.03. The van der Waals surface area contributed by atoms with Gasteiger partial charge < -0.3 is 5.32 Å². The highest BCUT2D eigenvalue weighted by molar-refractivity contribution is 7.78. The van der Waals surface area contributed by atoms with Crippen LogP contribution < -0.4 is 5.32 Å². The van der Waals surface area contributed by atoms with Crippen LogP contribution in [-0.4, -0.2) is 16.7 Å². The summed E-state index contributed by atoms with van der Waals surface area (Å²) in [6.45, 7) is 0.854. The number of rotatable bonds is 5. The van der Waals surface area contributed by atoms with Crippen LogP contribution in [0.1, 0.15) is 5.56 Å². The van der Waals surface area contributed by atoms with E-state index in [0.717, 1.165) is 24.5 Å². The van der Waals surface area contributed by atoms with Gasteiger partial charge in [0.2, 0.25) is 0 Å². The van der Waals surface area contributed by atoms with Crippen LogP contribution >= 0.6 is 12.2 Å². The predicted molar refractivity (Wildman–Crippen MR) is 77.6 cm³/mol. The maximum absolute atomic E-state index is 4.53. The lowest BCUT2D eigenvalue weighted by Crippen LogP contribution is -2.05. The number of nitrogens with one attached hydrogen (secondary N) is 1. The van der Waals surface area contributed by atoms with E-state index >= 15 is 0 Å². The number of benzene rings is 1. The summed E-state index contributed by atoms with van der Waals surface area (Å²) in [7, 11) is 0. The molecule has 0 unspecified atom stereocenters. The highest BCUT2D eigenvalue weighted by Gasteiger charge is 1.95. The van der Waals surface area contributed by atoms with Crippen molar-refractivity contribution in [2.24, 2.45) is 4.99 Å². The number of aromatic nitrogens is 1. The van der Waals surface area contributed by atoms with E-state index in [2.05, 4.69) is 44.8 Å². The van der Waals surface area contributed by atoms with Crippen LogP contribution in [0.5, 0.6) is 0 Å². The third-order valence-corrected chi connectivity index (χ3v) is 2.58. The van der Waals surface area contributed by atoms with Crippen molar-refractivity contribution in [1.82, 2.24) is 4.98 Å². The molecule has 18 heavy (non-hydrogen) atoms. The topological polar surface area (TPSA) is 37.3 Å². The molecule has 1 heterocycles. The number of isothiocyanates is 1. The van der Waals surface area contributed by atoms with E-state index in [4.69, 9.17) is 0 Å². The Bertz CT molecular complexity index is 531. The molecule has 0 saturated carbocycles. The highest BCUT2D eigenvalue weighted by Crippen LogP contribution is 2.12. The molecule has 0 saturated heterocycles. The van der Waals surface area contributed by atoms with Gasteiger partial charge >= 0.3 is 0 Å². The molecule has 0 fully saturated rings. The summed E-state index contributed by atoms with van der Waals surface area (Å²) in [6.07, 6.45) is 2.65. The summed E-state index contributed by atoms with van der Waals surface area (Å²) < 4.78 is 0. The van der Waals surface area contributed by atoms with Crippen LogP contribution in [0.3, 0.4) is 0 Å². The van der Waals surface area contributed by atoms with Gasteiger partial charge in [-0.1, -0.05) is 30.3 Å². The average molecular weight is 255 g/mol. The first-order valence-electron chi connectivity index (χ1n) is 5.70. The molecule has 0 bridgehead atoms. The molecule has 0 atom stereocenters. The molecule has 0 amide bonds. The molecule has 0 aliphatic rings. The molecule has 2 aromatic rings. The Morgan fingerprint density at radius 3 is 2.67 bits per heavy atom. The van der Waals surface area contributed by atoms with Gasteiger partial charge in [-0.15, -0.1) is 0 Å². The summed E-state index contributed by atoms with van der Waals surface area (Å²) in [5.74, 6) is 0.842. The van der Waals surface area contributed by atoms with Crippen LogP contribution in [0.2, 0.25) is 0 Å². The molecule has 0 spiro atoms. The fourth-order valence-electron chi connectivity index (χ4n) is 1.59. The highest BCUT2D eigenvalue weighted by atomic mass is 32.1. The van der Waals surface area contributed by atoms with Crippen molar-refractivity contribution < 1.29 is 0 Å². The fourth-order valence-corrected chi connectivity index (χ4v) is 1.69. The Hall–Kier alpha value is -2.03. The fraction of sp³-hybridized carbons (Fsp3) is 0.143. The van der Waals surface area contributed by atoms with E-state index < -0.39 is 0 Å². The zero-order chi connectivity index (χ0) is 12.6. The monoisotopic (exact) mass is 255 g/mol. The molecule has 1 N–H and O–H groups in total. The molecule has 4 heteroatoms. The lowest BCUT2D eigenvalue weighted by atomic mass is 10.1. The SMILES string of the molecule is S=C=Nc1ccc(NCCc2ccccc2)nc1. The van der Waals surface area contributed by atoms with Crippen molar-refractivity contribution in [3.63, 3.8) is 0 Å². The van der Waals surface area contributed by atoms with Gasteiger partial charge in [0.25, 0.3) is 0 Å². The van der Waals surface area contributed by atoms with Crippen molar-refractivity contribution in [3.05, 3.63) is 54.2 Å². The molecule has 0 radical (unpaired) electrons. The van der Waals surface area contributed by atoms with Crippen molar-refractivity contribution in [2.75, 3.05) is 11.9 Å². The van der Waals surface area contributed by atoms with Crippen molar-refractivity contribution in [1.29, 1.82) is 0 Å². The van der Waals surface area contributed by atoms with Crippen molar-refractivity contribution in [3.8, 4) is 0 Å². The first kappa shape index (κ1) is 12.4. The summed E-state index contributed by atoms with van der Waals surface area (Å²) >= 11 is 4.53. The number of anilines is 1. The molecular formula is C14H13N3S. The molecular weight excluding hydrogens is 242 g/mol. The largest absolute Gasteiger partial charge is 0.370 e. The van der Waals surface area contributed by atoms with E-state index in [9.17, 15) is 0 Å². The van der Waals surface area contributed by atoms with Gasteiger partial charge in [0.05, 0.1) is 17.0 Å². The van der Waals surface area contributed by atoms with E-state index in [-0.39, 0.29) is 0 Å². The quantitative estimate of drug-likeness (QED) is 0.656. The van der Waals surface area contributed by atoms with Crippen LogP contribution in [0.25, 0.3) is 0 Å². The number of pyridine rings is 1. The molecule has 2 rings (SSSR count). The van der Waals surface area contributed by atoms with Gasteiger partial charge in [-0.2, -0.15) is 4.99 Å². The maximum Gasteiger partial charge on any atom is 0.126 e. The number of hydrogen-bond acceptors (Lipinski definition) is 4. The molecule has 3 nitrogen and oxygen atoms in total. The van der Waals surface area contributed by atoms with Gasteiger partial charge in [-0.25, -0.2) is 4.98 Å². The Morgan fingerprint density at radius 2 is 2.00 bits per heavy atom. The summed E-state index contributed by atoms with van der Waals surface area (Å²) in [6, 6.07) is 14.1. The maximum atomic E-state index is 4.53. The first-order chi connectivity index (χ1) is 8.88. The summed E-state index contributed by atoms with van der Waals surface area (Å²) in [4.78, 5) is 8.09. The second kappa shape index (κ2) is 6.64. The second-order valence-electron chi connectivity index (χ2n) is 3.77. The number of aliphatic imine (C=N–C) groups is 1. The zero-order valence-electron chi connectivity index (χ0n) is 9.84. The Balaban J connectivity index is 1.85. The summed E-state index contributed by atoms with van der Waals surface area (Å²) in [5, 5.41) is 5.58. The van der Waals surface area contributed by atoms with Gasteiger partial charge in [-0.3, -0.25) is 0 Å². The minimum absolute atomic E-state index is 0.721. The Morgan fingerprint density at radius 1 is 1.17 bits per heavy atom. The third kappa shape index (κ3) is 3.77. The Kier molecular flexibility index (Phi) is 4.59. The molecule has 90 valence electrons. The minimum Gasteiger partial charge on any atom is -0.370 e. The van der Waals surface area contributed by atoms with Gasteiger partial charge in [0, 0.05) is 6.54 Å². The van der Waals surface area contributed by atoms with Gasteiger partial charge in [-0.05, 0) is 36.3 Å². The number of thiocarbonyl (C=S) groups is 1. The van der Waals surface area contributed by atoms with E-state index in [1.807, 2.05) is 30.3 Å². The Labute approximate surface area is 112 Å². The van der Waals surface area contributed by atoms with E-state index in [1.165, 1.54) is 5.56 Å². The normalized spacial score (nSPS) is 9.56. The minimum atomic E-state index is 0.721.